The molecule has 1 aliphatic heterocycles. The minimum Gasteiger partial charge on any atom is -0.352 e. The van der Waals surface area contributed by atoms with Crippen LogP contribution in [0.3, 0.4) is 0 Å². The lowest BCUT2D eigenvalue weighted by Crippen LogP contribution is -2.32. The Bertz CT molecular complexity index is 1100. The van der Waals surface area contributed by atoms with E-state index in [9.17, 15) is 4.79 Å². The first-order chi connectivity index (χ1) is 14.9. The highest BCUT2D eigenvalue weighted by atomic mass is 32.1. The third-order valence-electron chi connectivity index (χ3n) is 5.62. The van der Waals surface area contributed by atoms with E-state index in [4.69, 9.17) is 12.2 Å². The monoisotopic (exact) mass is 450 g/mol. The Balaban J connectivity index is 1.53. The molecule has 1 aliphatic rings. The maximum Gasteiger partial charge on any atom is 0.226 e. The molecule has 0 saturated carbocycles. The third-order valence-corrected chi connectivity index (χ3v) is 7.06. The van der Waals surface area contributed by atoms with Gasteiger partial charge in [0.25, 0.3) is 0 Å². The van der Waals surface area contributed by atoms with Crippen LogP contribution in [0.25, 0.3) is 0 Å². The van der Waals surface area contributed by atoms with E-state index in [-0.39, 0.29) is 18.0 Å². The Labute approximate surface area is 192 Å². The predicted molar refractivity (Wildman–Crippen MR) is 130 cm³/mol. The molecule has 7 heteroatoms. The highest BCUT2D eigenvalue weighted by Gasteiger charge is 2.40. The summed E-state index contributed by atoms with van der Waals surface area (Å²) in [7, 11) is 0. The maximum absolute atomic E-state index is 12.7. The van der Waals surface area contributed by atoms with Crippen molar-refractivity contribution in [2.24, 2.45) is 0 Å². The van der Waals surface area contributed by atoms with Gasteiger partial charge in [-0.3, -0.25) is 9.78 Å². The Kier molecular flexibility index (Phi) is 6.34. The van der Waals surface area contributed by atoms with Gasteiger partial charge in [-0.15, -0.1) is 11.3 Å². The van der Waals surface area contributed by atoms with E-state index >= 15 is 0 Å². The molecule has 4 rings (SSSR count). The molecule has 31 heavy (non-hydrogen) atoms. The van der Waals surface area contributed by atoms with Crippen LogP contribution in [-0.4, -0.2) is 27.4 Å². The zero-order valence-corrected chi connectivity index (χ0v) is 19.5. The van der Waals surface area contributed by atoms with E-state index < -0.39 is 0 Å². The first-order valence-electron chi connectivity index (χ1n) is 10.3. The number of anilines is 1. The summed E-state index contributed by atoms with van der Waals surface area (Å²) in [4.78, 5) is 20.7. The van der Waals surface area contributed by atoms with Crippen LogP contribution in [0.4, 0.5) is 5.69 Å². The molecule has 0 radical (unpaired) electrons. The number of aryl methyl sites for hydroxylation is 3. The minimum absolute atomic E-state index is 0.0101. The van der Waals surface area contributed by atoms with Crippen molar-refractivity contribution < 1.29 is 4.79 Å². The summed E-state index contributed by atoms with van der Waals surface area (Å²) in [6.07, 6.45) is 2.16. The van der Waals surface area contributed by atoms with Crippen LogP contribution in [0, 0.1) is 20.8 Å². The van der Waals surface area contributed by atoms with Crippen LogP contribution in [0.2, 0.25) is 0 Å². The zero-order valence-electron chi connectivity index (χ0n) is 17.9. The quantitative estimate of drug-likeness (QED) is 0.514. The van der Waals surface area contributed by atoms with Gasteiger partial charge in [-0.2, -0.15) is 0 Å². The number of benzene rings is 1. The molecule has 0 spiro atoms. The number of aromatic nitrogens is 1. The van der Waals surface area contributed by atoms with Gasteiger partial charge in [-0.1, -0.05) is 18.2 Å². The number of amides is 1. The largest absolute Gasteiger partial charge is 0.352 e. The molecule has 0 unspecified atom stereocenters. The number of thiocarbonyl (C=S) groups is 1. The van der Waals surface area contributed by atoms with Crippen molar-refractivity contribution in [3.05, 3.63) is 81.3 Å². The SMILES string of the molecule is Cc1ccc(C)c(NC(=O)CCN2C(=S)N[C@H](c3ccccn3)[C@H]2c2sccc2C)c1. The second-order valence-corrected chi connectivity index (χ2v) is 9.24. The number of hydrogen-bond acceptors (Lipinski definition) is 4. The molecule has 5 nitrogen and oxygen atoms in total. The summed E-state index contributed by atoms with van der Waals surface area (Å²) in [5, 5.41) is 9.26. The van der Waals surface area contributed by atoms with Gasteiger partial charge in [0, 0.05) is 29.7 Å². The Morgan fingerprint density at radius 1 is 1.19 bits per heavy atom. The van der Waals surface area contributed by atoms with E-state index in [2.05, 4.69) is 38.9 Å². The molecule has 0 aliphatic carbocycles. The number of carbonyl (C=O) groups excluding carboxylic acids is 1. The molecule has 1 fully saturated rings. The Morgan fingerprint density at radius 3 is 2.74 bits per heavy atom. The summed E-state index contributed by atoms with van der Waals surface area (Å²) in [5.74, 6) is -0.0144. The minimum atomic E-state index is -0.0480. The van der Waals surface area contributed by atoms with Crippen LogP contribution >= 0.6 is 23.6 Å². The fourth-order valence-electron chi connectivity index (χ4n) is 3.92. The van der Waals surface area contributed by atoms with Crippen molar-refractivity contribution in [3.8, 4) is 0 Å². The molecular formula is C24H26N4OS2. The van der Waals surface area contributed by atoms with E-state index in [1.165, 1.54) is 10.4 Å². The van der Waals surface area contributed by atoms with Gasteiger partial charge in [-0.25, -0.2) is 0 Å². The van der Waals surface area contributed by atoms with E-state index in [0.717, 1.165) is 22.5 Å². The summed E-state index contributed by atoms with van der Waals surface area (Å²) in [6.45, 7) is 6.68. The van der Waals surface area contributed by atoms with E-state index in [1.807, 2.05) is 50.2 Å². The van der Waals surface area contributed by atoms with Crippen molar-refractivity contribution in [1.29, 1.82) is 0 Å². The number of carbonyl (C=O) groups is 1. The first kappa shape index (κ1) is 21.5. The number of nitrogens with one attached hydrogen (secondary N) is 2. The first-order valence-corrected chi connectivity index (χ1v) is 11.6. The molecule has 160 valence electrons. The van der Waals surface area contributed by atoms with Crippen molar-refractivity contribution in [2.45, 2.75) is 39.3 Å². The number of rotatable bonds is 6. The topological polar surface area (TPSA) is 57.3 Å². The smallest absolute Gasteiger partial charge is 0.226 e. The number of thiophene rings is 1. The number of nitrogens with zero attached hydrogens (tertiary/aromatic N) is 2. The van der Waals surface area contributed by atoms with Gasteiger partial charge >= 0.3 is 0 Å². The molecule has 2 aromatic heterocycles. The van der Waals surface area contributed by atoms with Gasteiger partial charge in [0.2, 0.25) is 5.91 Å². The van der Waals surface area contributed by atoms with Crippen LogP contribution in [0.5, 0.6) is 0 Å². The number of hydrogen-bond donors (Lipinski definition) is 2. The van der Waals surface area contributed by atoms with Crippen LogP contribution in [0.1, 0.15) is 45.8 Å². The van der Waals surface area contributed by atoms with E-state index in [1.54, 1.807) is 17.5 Å². The predicted octanol–water partition coefficient (Wildman–Crippen LogP) is 5.07. The number of pyridine rings is 1. The van der Waals surface area contributed by atoms with Gasteiger partial charge in [0.1, 0.15) is 0 Å². The van der Waals surface area contributed by atoms with Crippen molar-refractivity contribution >= 4 is 40.3 Å². The second kappa shape index (κ2) is 9.16. The van der Waals surface area contributed by atoms with Crippen LogP contribution in [0.15, 0.2) is 54.0 Å². The van der Waals surface area contributed by atoms with Crippen LogP contribution in [-0.2, 0) is 4.79 Å². The molecule has 3 aromatic rings. The maximum atomic E-state index is 12.7. The average Bonchev–Trinajstić information content (AvgIpc) is 3.32. The molecule has 1 amide bonds. The Hall–Kier alpha value is -2.77. The van der Waals surface area contributed by atoms with Crippen molar-refractivity contribution in [2.75, 3.05) is 11.9 Å². The molecule has 1 aromatic carbocycles. The highest BCUT2D eigenvalue weighted by molar-refractivity contribution is 7.80. The van der Waals surface area contributed by atoms with Gasteiger partial charge < -0.3 is 15.5 Å². The zero-order chi connectivity index (χ0) is 22.0. The van der Waals surface area contributed by atoms with Gasteiger partial charge in [0.05, 0.1) is 17.8 Å². The molecule has 0 bridgehead atoms. The summed E-state index contributed by atoms with van der Waals surface area (Å²) in [5.41, 5.74) is 5.22. The second-order valence-electron chi connectivity index (χ2n) is 7.90. The molecular weight excluding hydrogens is 424 g/mol. The van der Waals surface area contributed by atoms with Gasteiger partial charge in [0.15, 0.2) is 5.11 Å². The van der Waals surface area contributed by atoms with Crippen LogP contribution < -0.4 is 10.6 Å². The molecule has 3 heterocycles. The standard InChI is InChI=1S/C24H26N4OS2/c1-15-7-8-16(2)19(14-15)26-20(29)9-12-28-22(23-17(3)10-13-31-23)21(27-24(28)30)18-6-4-5-11-25-18/h4-8,10-11,13-14,21-22H,9,12H2,1-3H3,(H,26,29)(H,27,30)/t21-,22+/m1/s1. The molecule has 2 N–H and O–H groups in total. The van der Waals surface area contributed by atoms with E-state index in [0.29, 0.717) is 18.1 Å². The Morgan fingerprint density at radius 2 is 2.03 bits per heavy atom. The van der Waals surface area contributed by atoms with Gasteiger partial charge in [-0.05, 0) is 79.3 Å². The summed E-state index contributed by atoms with van der Waals surface area (Å²) >= 11 is 7.41. The molecule has 2 atom stereocenters. The van der Waals surface area contributed by atoms with Crippen molar-refractivity contribution in [3.63, 3.8) is 0 Å². The van der Waals surface area contributed by atoms with Crippen molar-refractivity contribution in [1.82, 2.24) is 15.2 Å². The molecule has 1 saturated heterocycles. The normalized spacial score (nSPS) is 18.2. The lowest BCUT2D eigenvalue weighted by atomic mass is 10.0. The fourth-order valence-corrected chi connectivity index (χ4v) is 5.33. The average molecular weight is 451 g/mol. The summed E-state index contributed by atoms with van der Waals surface area (Å²) < 4.78 is 0. The lowest BCUT2D eigenvalue weighted by Gasteiger charge is -2.27. The third kappa shape index (κ3) is 4.62. The lowest BCUT2D eigenvalue weighted by molar-refractivity contribution is -0.116. The highest BCUT2D eigenvalue weighted by Crippen LogP contribution is 2.41. The summed E-state index contributed by atoms with van der Waals surface area (Å²) in [6, 6.07) is 14.1. The fraction of sp³-hybridized carbons (Fsp3) is 0.292.